The SMILES string of the molecule is Cc1c(Br)ccc2nc(-c3ccccc3Br)c(N)n12. The Morgan fingerprint density at radius 3 is 2.53 bits per heavy atom. The van der Waals surface area contributed by atoms with Crippen molar-refractivity contribution < 1.29 is 0 Å². The Morgan fingerprint density at radius 1 is 1.05 bits per heavy atom. The number of hydrogen-bond acceptors (Lipinski definition) is 2. The zero-order valence-corrected chi connectivity index (χ0v) is 13.4. The second-order valence-corrected chi connectivity index (χ2v) is 5.99. The minimum atomic E-state index is 0.653. The lowest BCUT2D eigenvalue weighted by Crippen LogP contribution is -1.98. The molecule has 0 aliphatic rings. The molecule has 96 valence electrons. The third kappa shape index (κ3) is 1.97. The molecule has 2 heterocycles. The molecule has 0 atom stereocenters. The summed E-state index contributed by atoms with van der Waals surface area (Å²) in [4.78, 5) is 4.63. The van der Waals surface area contributed by atoms with Crippen LogP contribution in [0.25, 0.3) is 16.9 Å². The van der Waals surface area contributed by atoms with E-state index in [1.54, 1.807) is 0 Å². The minimum Gasteiger partial charge on any atom is -0.383 e. The number of nitrogens with zero attached hydrogens (tertiary/aromatic N) is 2. The van der Waals surface area contributed by atoms with Crippen molar-refractivity contribution in [3.8, 4) is 11.3 Å². The lowest BCUT2D eigenvalue weighted by molar-refractivity contribution is 1.09. The number of pyridine rings is 1. The van der Waals surface area contributed by atoms with Crippen LogP contribution in [0, 0.1) is 6.92 Å². The summed E-state index contributed by atoms with van der Waals surface area (Å²) in [5.41, 5.74) is 9.96. The highest BCUT2D eigenvalue weighted by Gasteiger charge is 2.15. The van der Waals surface area contributed by atoms with Crippen LogP contribution in [-0.2, 0) is 0 Å². The molecule has 0 aliphatic heterocycles. The van der Waals surface area contributed by atoms with Gasteiger partial charge in [-0.3, -0.25) is 4.40 Å². The molecule has 5 heteroatoms. The van der Waals surface area contributed by atoms with E-state index in [2.05, 4.69) is 36.8 Å². The number of nitrogen functional groups attached to an aromatic ring is 1. The summed E-state index contributed by atoms with van der Waals surface area (Å²) in [7, 11) is 0. The summed E-state index contributed by atoms with van der Waals surface area (Å²) in [6.07, 6.45) is 0. The van der Waals surface area contributed by atoms with Gasteiger partial charge in [0, 0.05) is 20.2 Å². The van der Waals surface area contributed by atoms with Crippen LogP contribution in [-0.4, -0.2) is 9.38 Å². The number of benzene rings is 1. The fraction of sp³-hybridized carbons (Fsp3) is 0.0714. The van der Waals surface area contributed by atoms with Crippen LogP contribution in [0.4, 0.5) is 5.82 Å². The second-order valence-electron chi connectivity index (χ2n) is 4.29. The predicted molar refractivity (Wildman–Crippen MR) is 85.2 cm³/mol. The molecule has 0 spiro atoms. The second kappa shape index (κ2) is 4.65. The van der Waals surface area contributed by atoms with Crippen molar-refractivity contribution in [3.05, 3.63) is 51.0 Å². The normalized spacial score (nSPS) is 11.1. The summed E-state index contributed by atoms with van der Waals surface area (Å²) in [6.45, 7) is 2.01. The molecule has 0 saturated heterocycles. The van der Waals surface area contributed by atoms with Crippen molar-refractivity contribution in [2.75, 3.05) is 5.73 Å². The van der Waals surface area contributed by atoms with Crippen LogP contribution in [0.3, 0.4) is 0 Å². The van der Waals surface area contributed by atoms with Crippen molar-refractivity contribution in [1.29, 1.82) is 0 Å². The van der Waals surface area contributed by atoms with E-state index in [0.29, 0.717) is 5.82 Å². The smallest absolute Gasteiger partial charge is 0.139 e. The summed E-state index contributed by atoms with van der Waals surface area (Å²) in [5, 5.41) is 0. The Balaban J connectivity index is 2.36. The minimum absolute atomic E-state index is 0.653. The lowest BCUT2D eigenvalue weighted by Gasteiger charge is -2.05. The van der Waals surface area contributed by atoms with Gasteiger partial charge in [0.05, 0.1) is 0 Å². The number of anilines is 1. The van der Waals surface area contributed by atoms with E-state index in [9.17, 15) is 0 Å². The van der Waals surface area contributed by atoms with E-state index < -0.39 is 0 Å². The van der Waals surface area contributed by atoms with Gasteiger partial charge in [0.2, 0.25) is 0 Å². The number of imidazole rings is 1. The molecule has 3 nitrogen and oxygen atoms in total. The first kappa shape index (κ1) is 12.7. The van der Waals surface area contributed by atoms with E-state index >= 15 is 0 Å². The molecular formula is C14H11Br2N3. The first-order valence-corrected chi connectivity index (χ1v) is 7.36. The molecule has 0 amide bonds. The van der Waals surface area contributed by atoms with E-state index in [-0.39, 0.29) is 0 Å². The van der Waals surface area contributed by atoms with Gasteiger partial charge in [0.1, 0.15) is 17.2 Å². The molecule has 19 heavy (non-hydrogen) atoms. The van der Waals surface area contributed by atoms with Gasteiger partial charge >= 0.3 is 0 Å². The lowest BCUT2D eigenvalue weighted by atomic mass is 10.1. The van der Waals surface area contributed by atoms with Crippen LogP contribution in [0.15, 0.2) is 45.3 Å². The van der Waals surface area contributed by atoms with Gasteiger partial charge in [0.15, 0.2) is 0 Å². The first-order chi connectivity index (χ1) is 9.09. The van der Waals surface area contributed by atoms with Crippen molar-refractivity contribution in [2.24, 2.45) is 0 Å². The highest BCUT2D eigenvalue weighted by Crippen LogP contribution is 2.33. The number of fused-ring (bicyclic) bond motifs is 1. The standard InChI is InChI=1S/C14H11Br2N3/c1-8-10(15)6-7-12-18-13(14(17)19(8)12)9-4-2-3-5-11(9)16/h2-7H,17H2,1H3. The van der Waals surface area contributed by atoms with Gasteiger partial charge in [-0.1, -0.05) is 34.1 Å². The first-order valence-electron chi connectivity index (χ1n) is 5.77. The van der Waals surface area contributed by atoms with Gasteiger partial charge in [-0.05, 0) is 41.1 Å². The molecule has 3 aromatic rings. The summed E-state index contributed by atoms with van der Waals surface area (Å²) in [5.74, 6) is 0.653. The van der Waals surface area contributed by atoms with E-state index in [0.717, 1.165) is 31.5 Å². The zero-order valence-electron chi connectivity index (χ0n) is 10.2. The average molecular weight is 381 g/mol. The van der Waals surface area contributed by atoms with Crippen molar-refractivity contribution in [1.82, 2.24) is 9.38 Å². The summed E-state index contributed by atoms with van der Waals surface area (Å²) < 4.78 is 3.96. The number of rotatable bonds is 1. The van der Waals surface area contributed by atoms with Crippen molar-refractivity contribution in [2.45, 2.75) is 6.92 Å². The molecule has 3 rings (SSSR count). The molecular weight excluding hydrogens is 370 g/mol. The zero-order chi connectivity index (χ0) is 13.6. The molecule has 1 aromatic carbocycles. The quantitative estimate of drug-likeness (QED) is 0.679. The maximum Gasteiger partial charge on any atom is 0.139 e. The fourth-order valence-corrected chi connectivity index (χ4v) is 2.92. The van der Waals surface area contributed by atoms with Crippen LogP contribution >= 0.6 is 31.9 Å². The molecule has 0 radical (unpaired) electrons. The number of nitrogens with two attached hydrogens (primary N) is 1. The molecule has 0 bridgehead atoms. The van der Waals surface area contributed by atoms with E-state index in [1.165, 1.54) is 0 Å². The summed E-state index contributed by atoms with van der Waals surface area (Å²) >= 11 is 7.06. The number of aromatic nitrogens is 2. The van der Waals surface area contributed by atoms with Gasteiger partial charge in [0.25, 0.3) is 0 Å². The van der Waals surface area contributed by atoms with Crippen molar-refractivity contribution >= 4 is 43.3 Å². The molecule has 2 N–H and O–H groups in total. The topological polar surface area (TPSA) is 43.3 Å². The Kier molecular flexibility index (Phi) is 3.11. The Morgan fingerprint density at radius 2 is 1.79 bits per heavy atom. The van der Waals surface area contributed by atoms with Gasteiger partial charge in [-0.15, -0.1) is 0 Å². The molecule has 2 aromatic heterocycles. The Bertz CT molecular complexity index is 778. The molecule has 0 unspecified atom stereocenters. The molecule has 0 fully saturated rings. The number of aryl methyl sites for hydroxylation is 1. The highest BCUT2D eigenvalue weighted by atomic mass is 79.9. The van der Waals surface area contributed by atoms with Crippen molar-refractivity contribution in [3.63, 3.8) is 0 Å². The van der Waals surface area contributed by atoms with Crippen LogP contribution in [0.2, 0.25) is 0 Å². The number of hydrogen-bond donors (Lipinski definition) is 1. The van der Waals surface area contributed by atoms with Gasteiger partial charge in [-0.25, -0.2) is 4.98 Å². The molecule has 0 saturated carbocycles. The Hall–Kier alpha value is -1.33. The van der Waals surface area contributed by atoms with Crippen LogP contribution < -0.4 is 5.73 Å². The molecule has 0 aliphatic carbocycles. The van der Waals surface area contributed by atoms with Gasteiger partial charge < -0.3 is 5.73 Å². The van der Waals surface area contributed by atoms with Crippen LogP contribution in [0.5, 0.6) is 0 Å². The van der Waals surface area contributed by atoms with E-state index in [4.69, 9.17) is 5.73 Å². The summed E-state index contributed by atoms with van der Waals surface area (Å²) in [6, 6.07) is 11.9. The van der Waals surface area contributed by atoms with E-state index in [1.807, 2.05) is 47.7 Å². The average Bonchev–Trinajstić information content (AvgIpc) is 2.73. The highest BCUT2D eigenvalue weighted by molar-refractivity contribution is 9.10. The fourth-order valence-electron chi connectivity index (χ4n) is 2.14. The largest absolute Gasteiger partial charge is 0.383 e. The van der Waals surface area contributed by atoms with Gasteiger partial charge in [-0.2, -0.15) is 0 Å². The van der Waals surface area contributed by atoms with Crippen LogP contribution in [0.1, 0.15) is 5.69 Å². The maximum atomic E-state index is 6.27. The third-order valence-corrected chi connectivity index (χ3v) is 4.66. The maximum absolute atomic E-state index is 6.27. The third-order valence-electron chi connectivity index (χ3n) is 3.13. The number of halogens is 2. The predicted octanol–water partition coefficient (Wildman–Crippen LogP) is 4.42. The monoisotopic (exact) mass is 379 g/mol. The Labute approximate surface area is 127 Å².